The molecule has 4 aromatic rings. The second-order valence-corrected chi connectivity index (χ2v) is 12.9. The zero-order valence-electron chi connectivity index (χ0n) is 27.2. The average molecular weight is 634 g/mol. The van der Waals surface area contributed by atoms with Crippen LogP contribution in [0.3, 0.4) is 0 Å². The maximum atomic E-state index is 14.6. The maximum Gasteiger partial charge on any atom is 0.269 e. The van der Waals surface area contributed by atoms with Crippen molar-refractivity contribution in [2.45, 2.75) is 57.7 Å². The number of hydrogen-bond acceptors (Lipinski definition) is 6. The molecule has 1 aliphatic heterocycles. The molecule has 4 unspecified atom stereocenters. The molecule has 9 nitrogen and oxygen atoms in total. The molecule has 2 amide bonds. The van der Waals surface area contributed by atoms with Crippen molar-refractivity contribution in [3.63, 3.8) is 0 Å². The third-order valence-electron chi connectivity index (χ3n) is 8.89. The van der Waals surface area contributed by atoms with Gasteiger partial charge >= 0.3 is 0 Å². The number of carbonyl (C=O) groups is 3. The van der Waals surface area contributed by atoms with Gasteiger partial charge in [-0.15, -0.1) is 0 Å². The number of ether oxygens (including phenoxy) is 1. The minimum absolute atomic E-state index is 0.115. The normalized spacial score (nSPS) is 19.2. The first-order valence-corrected chi connectivity index (χ1v) is 15.5. The van der Waals surface area contributed by atoms with E-state index < -0.39 is 34.7 Å². The van der Waals surface area contributed by atoms with Gasteiger partial charge in [0, 0.05) is 37.1 Å². The van der Waals surface area contributed by atoms with Crippen molar-refractivity contribution in [1.29, 1.82) is 0 Å². The van der Waals surface area contributed by atoms with Crippen LogP contribution in [0.2, 0.25) is 0 Å². The lowest BCUT2D eigenvalue weighted by molar-refractivity contribution is -0.384. The van der Waals surface area contributed by atoms with Crippen LogP contribution in [-0.2, 0) is 21.5 Å². The molecular formula is C38H39N3O6. The number of nitrogens with one attached hydrogen (secondary N) is 1. The Kier molecular flexibility index (Phi) is 9.56. The summed E-state index contributed by atoms with van der Waals surface area (Å²) < 4.78 is 5.25. The number of benzene rings is 4. The number of non-ortho nitro benzene ring substituents is 1. The van der Waals surface area contributed by atoms with E-state index in [4.69, 9.17) is 4.74 Å². The summed E-state index contributed by atoms with van der Waals surface area (Å²) in [6, 6.07) is 28.0. The van der Waals surface area contributed by atoms with Gasteiger partial charge in [0.15, 0.2) is 5.78 Å². The van der Waals surface area contributed by atoms with Crippen LogP contribution in [0.4, 0.5) is 5.69 Å². The third-order valence-corrected chi connectivity index (χ3v) is 8.89. The van der Waals surface area contributed by atoms with Gasteiger partial charge in [-0.1, -0.05) is 99.6 Å². The highest BCUT2D eigenvalue weighted by atomic mass is 16.6. The Morgan fingerprint density at radius 1 is 0.851 bits per heavy atom. The molecule has 1 fully saturated rings. The van der Waals surface area contributed by atoms with E-state index in [2.05, 4.69) is 26.1 Å². The predicted octanol–water partition coefficient (Wildman–Crippen LogP) is 6.77. The van der Waals surface area contributed by atoms with Crippen molar-refractivity contribution in [2.75, 3.05) is 7.11 Å². The van der Waals surface area contributed by atoms with Crippen molar-refractivity contribution in [3.8, 4) is 5.75 Å². The molecule has 0 bridgehead atoms. The number of amides is 2. The molecule has 0 spiro atoms. The van der Waals surface area contributed by atoms with Crippen LogP contribution in [0.1, 0.15) is 72.3 Å². The first kappa shape index (κ1) is 33.1. The zero-order valence-corrected chi connectivity index (χ0v) is 27.2. The highest BCUT2D eigenvalue weighted by molar-refractivity contribution is 6.01. The highest BCUT2D eigenvalue weighted by Crippen LogP contribution is 2.51. The Hall–Kier alpha value is -5.31. The molecule has 4 atom stereocenters. The number of nitro groups is 1. The fourth-order valence-corrected chi connectivity index (χ4v) is 6.49. The average Bonchev–Trinajstić information content (AvgIpc) is 3.44. The van der Waals surface area contributed by atoms with E-state index in [1.54, 1.807) is 55.6 Å². The van der Waals surface area contributed by atoms with Crippen molar-refractivity contribution in [2.24, 2.45) is 5.92 Å². The number of hydrogen-bond donors (Lipinski definition) is 1. The third kappa shape index (κ3) is 6.94. The molecule has 4 aromatic carbocycles. The zero-order chi connectivity index (χ0) is 33.9. The summed E-state index contributed by atoms with van der Waals surface area (Å²) in [6.07, 6.45) is 0. The summed E-state index contributed by atoms with van der Waals surface area (Å²) in [4.78, 5) is 55.2. The van der Waals surface area contributed by atoms with Gasteiger partial charge in [-0.3, -0.25) is 24.5 Å². The van der Waals surface area contributed by atoms with Gasteiger partial charge in [-0.05, 0) is 39.8 Å². The van der Waals surface area contributed by atoms with Crippen LogP contribution >= 0.6 is 0 Å². The number of nitro benzene ring substituents is 1. The highest BCUT2D eigenvalue weighted by Gasteiger charge is 2.56. The molecular weight excluding hydrogens is 594 g/mol. The van der Waals surface area contributed by atoms with E-state index in [0.717, 1.165) is 16.7 Å². The molecule has 0 saturated carbocycles. The Bertz CT molecular complexity index is 1750. The SMILES string of the molecule is COc1ccc(CNC(=O)C2C(c3ccc([N+](=O)[O-])cc3)C(C(=O)c3ccccc3)C(c3ccc(C(C)(C)C)cc3)N2C(C)=O)cc1. The van der Waals surface area contributed by atoms with Crippen LogP contribution in [-0.4, -0.2) is 40.6 Å². The lowest BCUT2D eigenvalue weighted by Gasteiger charge is -2.31. The summed E-state index contributed by atoms with van der Waals surface area (Å²) in [5, 5.41) is 14.5. The number of nitrogens with zero attached hydrogens (tertiary/aromatic N) is 2. The number of likely N-dealkylation sites (tertiary alicyclic amines) is 1. The quantitative estimate of drug-likeness (QED) is 0.123. The van der Waals surface area contributed by atoms with Crippen LogP contribution in [0, 0.1) is 16.0 Å². The summed E-state index contributed by atoms with van der Waals surface area (Å²) in [5.74, 6) is -2.03. The first-order valence-electron chi connectivity index (χ1n) is 15.5. The lowest BCUT2D eigenvalue weighted by atomic mass is 9.75. The molecule has 1 saturated heterocycles. The maximum absolute atomic E-state index is 14.6. The van der Waals surface area contributed by atoms with Gasteiger partial charge < -0.3 is 15.0 Å². The largest absolute Gasteiger partial charge is 0.497 e. The minimum atomic E-state index is -1.09. The van der Waals surface area contributed by atoms with Crippen molar-refractivity contribution in [1.82, 2.24) is 10.2 Å². The number of ketones is 1. The van der Waals surface area contributed by atoms with Crippen LogP contribution in [0.5, 0.6) is 5.75 Å². The number of carbonyl (C=O) groups excluding carboxylic acids is 3. The summed E-state index contributed by atoms with van der Waals surface area (Å²) in [7, 11) is 1.58. The van der Waals surface area contributed by atoms with Gasteiger partial charge in [-0.25, -0.2) is 0 Å². The van der Waals surface area contributed by atoms with E-state index in [-0.39, 0.29) is 29.3 Å². The van der Waals surface area contributed by atoms with Crippen molar-refractivity contribution < 1.29 is 24.0 Å². The van der Waals surface area contributed by atoms with Gasteiger partial charge in [0.2, 0.25) is 11.8 Å². The van der Waals surface area contributed by atoms with Crippen LogP contribution < -0.4 is 10.1 Å². The summed E-state index contributed by atoms with van der Waals surface area (Å²) >= 11 is 0. The molecule has 1 heterocycles. The van der Waals surface area contributed by atoms with E-state index in [1.807, 2.05) is 42.5 Å². The van der Waals surface area contributed by atoms with Crippen LogP contribution in [0.15, 0.2) is 103 Å². The molecule has 0 radical (unpaired) electrons. The molecule has 0 aliphatic carbocycles. The topological polar surface area (TPSA) is 119 Å². The fourth-order valence-electron chi connectivity index (χ4n) is 6.49. The van der Waals surface area contributed by atoms with Gasteiger partial charge in [-0.2, -0.15) is 0 Å². The standard InChI is InChI=1S/C38H39N3O6/c1-24(42)40-34(27-13-17-29(18-14-27)38(2,3)4)33(36(43)28-9-7-6-8-10-28)32(26-15-19-30(20-16-26)41(45)46)35(40)37(44)39-23-25-11-21-31(47-5)22-12-25/h6-22,32-35H,23H2,1-5H3,(H,39,44). The number of rotatable bonds is 9. The van der Waals surface area contributed by atoms with Gasteiger partial charge in [0.05, 0.1) is 24.0 Å². The number of methoxy groups -OCH3 is 1. The molecule has 5 rings (SSSR count). The lowest BCUT2D eigenvalue weighted by Crippen LogP contribution is -2.47. The van der Waals surface area contributed by atoms with Crippen molar-refractivity contribution in [3.05, 3.63) is 141 Å². The monoisotopic (exact) mass is 633 g/mol. The van der Waals surface area contributed by atoms with Crippen LogP contribution in [0.25, 0.3) is 0 Å². The summed E-state index contributed by atoms with van der Waals surface area (Å²) in [5.41, 5.74) is 3.39. The molecule has 1 aliphatic rings. The second-order valence-electron chi connectivity index (χ2n) is 12.9. The molecule has 0 aromatic heterocycles. The summed E-state index contributed by atoms with van der Waals surface area (Å²) in [6.45, 7) is 7.90. The molecule has 9 heteroatoms. The Morgan fingerprint density at radius 2 is 1.45 bits per heavy atom. The fraction of sp³-hybridized carbons (Fsp3) is 0.289. The van der Waals surface area contributed by atoms with Gasteiger partial charge in [0.1, 0.15) is 11.8 Å². The predicted molar refractivity (Wildman–Crippen MR) is 179 cm³/mol. The Balaban J connectivity index is 1.67. The Morgan fingerprint density at radius 3 is 1.98 bits per heavy atom. The van der Waals surface area contributed by atoms with E-state index in [0.29, 0.717) is 16.9 Å². The molecule has 242 valence electrons. The van der Waals surface area contributed by atoms with Crippen molar-refractivity contribution >= 4 is 23.3 Å². The number of Topliss-reactive ketones (excluding diaryl/α,β-unsaturated/α-hetero) is 1. The van der Waals surface area contributed by atoms with Gasteiger partial charge in [0.25, 0.3) is 5.69 Å². The first-order chi connectivity index (χ1) is 22.4. The Labute approximate surface area is 274 Å². The minimum Gasteiger partial charge on any atom is -0.497 e. The van der Waals surface area contributed by atoms with E-state index >= 15 is 0 Å². The van der Waals surface area contributed by atoms with E-state index in [9.17, 15) is 24.5 Å². The smallest absolute Gasteiger partial charge is 0.269 e. The molecule has 1 N–H and O–H groups in total. The second kappa shape index (κ2) is 13.6. The molecule has 47 heavy (non-hydrogen) atoms. The van der Waals surface area contributed by atoms with E-state index in [1.165, 1.54) is 24.0 Å².